The molecule has 0 N–H and O–H groups in total. The molecule has 0 aromatic carbocycles. The van der Waals surface area contributed by atoms with Crippen molar-refractivity contribution in [1.82, 2.24) is 9.88 Å². The molecule has 2 aliphatic heterocycles. The second kappa shape index (κ2) is 8.41. The Labute approximate surface area is 138 Å². The quantitative estimate of drug-likeness (QED) is 0.836. The van der Waals surface area contributed by atoms with E-state index >= 15 is 0 Å². The molecule has 5 heteroatoms. The highest BCUT2D eigenvalue weighted by molar-refractivity contribution is 5.76. The molecule has 1 aromatic heterocycles. The fourth-order valence-corrected chi connectivity index (χ4v) is 3.30. The third-order valence-electron chi connectivity index (χ3n) is 4.71. The summed E-state index contributed by atoms with van der Waals surface area (Å²) in [6, 6.07) is 5.86. The van der Waals surface area contributed by atoms with E-state index in [0.717, 1.165) is 57.7 Å². The van der Waals surface area contributed by atoms with Crippen LogP contribution in [0.25, 0.3) is 0 Å². The molecule has 1 atom stereocenters. The average Bonchev–Trinajstić information content (AvgIpc) is 2.62. The zero-order chi connectivity index (χ0) is 15.9. The molecule has 0 spiro atoms. The first-order chi connectivity index (χ1) is 11.3. The van der Waals surface area contributed by atoms with E-state index in [1.54, 1.807) is 6.20 Å². The van der Waals surface area contributed by atoms with Crippen LogP contribution in [0.15, 0.2) is 24.4 Å². The van der Waals surface area contributed by atoms with Gasteiger partial charge in [-0.1, -0.05) is 6.07 Å². The lowest BCUT2D eigenvalue weighted by atomic mass is 9.97. The molecule has 2 fully saturated rings. The lowest BCUT2D eigenvalue weighted by Crippen LogP contribution is -2.42. The van der Waals surface area contributed by atoms with Crippen LogP contribution in [0.3, 0.4) is 0 Å². The number of ether oxygens (including phenoxy) is 2. The summed E-state index contributed by atoms with van der Waals surface area (Å²) in [5.41, 5.74) is 0.961. The predicted molar refractivity (Wildman–Crippen MR) is 86.8 cm³/mol. The molecule has 0 unspecified atom stereocenters. The lowest BCUT2D eigenvalue weighted by Gasteiger charge is -2.33. The van der Waals surface area contributed by atoms with Gasteiger partial charge in [0.25, 0.3) is 0 Å². The van der Waals surface area contributed by atoms with Gasteiger partial charge in [-0.3, -0.25) is 9.78 Å². The van der Waals surface area contributed by atoms with Crippen molar-refractivity contribution in [2.75, 3.05) is 26.3 Å². The summed E-state index contributed by atoms with van der Waals surface area (Å²) in [6.07, 6.45) is 6.70. The molecule has 3 rings (SSSR count). The SMILES string of the molecule is O=C(C[C@H]1CCCOC1)N1CCC(OCc2ccccn2)CC1. The summed E-state index contributed by atoms with van der Waals surface area (Å²) in [5.74, 6) is 0.693. The van der Waals surface area contributed by atoms with E-state index in [4.69, 9.17) is 9.47 Å². The minimum absolute atomic E-state index is 0.235. The van der Waals surface area contributed by atoms with Crippen LogP contribution in [-0.2, 0) is 20.9 Å². The number of aromatic nitrogens is 1. The van der Waals surface area contributed by atoms with Gasteiger partial charge in [0, 0.05) is 38.9 Å². The van der Waals surface area contributed by atoms with Gasteiger partial charge >= 0.3 is 0 Å². The zero-order valence-corrected chi connectivity index (χ0v) is 13.7. The van der Waals surface area contributed by atoms with Crippen LogP contribution < -0.4 is 0 Å². The zero-order valence-electron chi connectivity index (χ0n) is 13.7. The monoisotopic (exact) mass is 318 g/mol. The molecular formula is C18H26N2O3. The molecule has 0 bridgehead atoms. The number of nitrogens with zero attached hydrogens (tertiary/aromatic N) is 2. The van der Waals surface area contributed by atoms with Crippen LogP contribution >= 0.6 is 0 Å². The largest absolute Gasteiger partial charge is 0.381 e. The van der Waals surface area contributed by atoms with Crippen molar-refractivity contribution in [3.8, 4) is 0 Å². The van der Waals surface area contributed by atoms with Crippen molar-refractivity contribution in [1.29, 1.82) is 0 Å². The van der Waals surface area contributed by atoms with Gasteiger partial charge < -0.3 is 14.4 Å². The Balaban J connectivity index is 1.37. The molecule has 0 saturated carbocycles. The van der Waals surface area contributed by atoms with Gasteiger partial charge in [0.2, 0.25) is 5.91 Å². The van der Waals surface area contributed by atoms with E-state index in [1.165, 1.54) is 0 Å². The fourth-order valence-electron chi connectivity index (χ4n) is 3.30. The number of hydrogen-bond acceptors (Lipinski definition) is 4. The van der Waals surface area contributed by atoms with Crippen molar-refractivity contribution in [3.63, 3.8) is 0 Å². The van der Waals surface area contributed by atoms with Gasteiger partial charge in [0.15, 0.2) is 0 Å². The maximum Gasteiger partial charge on any atom is 0.222 e. The summed E-state index contributed by atoms with van der Waals surface area (Å²) >= 11 is 0. The highest BCUT2D eigenvalue weighted by atomic mass is 16.5. The molecule has 5 nitrogen and oxygen atoms in total. The first kappa shape index (κ1) is 16.4. The molecule has 1 amide bonds. The van der Waals surface area contributed by atoms with Crippen LogP contribution in [0.2, 0.25) is 0 Å². The smallest absolute Gasteiger partial charge is 0.222 e. The fraction of sp³-hybridized carbons (Fsp3) is 0.667. The Hall–Kier alpha value is -1.46. The molecule has 126 valence electrons. The molecular weight excluding hydrogens is 292 g/mol. The number of amides is 1. The van der Waals surface area contributed by atoms with E-state index in [0.29, 0.717) is 18.9 Å². The number of rotatable bonds is 5. The van der Waals surface area contributed by atoms with Crippen LogP contribution in [0.5, 0.6) is 0 Å². The standard InChI is InChI=1S/C18H26N2O3/c21-18(12-15-4-3-11-22-13-15)20-9-6-17(7-10-20)23-14-16-5-1-2-8-19-16/h1-2,5,8,15,17H,3-4,6-7,9-14H2/t15-/m1/s1. The number of likely N-dealkylation sites (tertiary alicyclic amines) is 1. The number of carbonyl (C=O) groups excluding carboxylic acids is 1. The van der Waals surface area contributed by atoms with Crippen molar-refractivity contribution in [3.05, 3.63) is 30.1 Å². The molecule has 2 aliphatic rings. The Morgan fingerprint density at radius 3 is 2.87 bits per heavy atom. The molecule has 3 heterocycles. The van der Waals surface area contributed by atoms with E-state index in [1.807, 2.05) is 23.1 Å². The summed E-state index contributed by atoms with van der Waals surface area (Å²) in [7, 11) is 0. The van der Waals surface area contributed by atoms with Crippen LogP contribution in [0.1, 0.15) is 37.8 Å². The molecule has 2 saturated heterocycles. The van der Waals surface area contributed by atoms with Gasteiger partial charge in [0.05, 0.1) is 18.4 Å². The first-order valence-electron chi connectivity index (χ1n) is 8.68. The van der Waals surface area contributed by atoms with Gasteiger partial charge in [0.1, 0.15) is 0 Å². The average molecular weight is 318 g/mol. The molecule has 23 heavy (non-hydrogen) atoms. The maximum atomic E-state index is 12.4. The third kappa shape index (κ3) is 5.01. The normalized spacial score (nSPS) is 23.0. The van der Waals surface area contributed by atoms with E-state index < -0.39 is 0 Å². The first-order valence-corrected chi connectivity index (χ1v) is 8.68. The number of piperidine rings is 1. The van der Waals surface area contributed by atoms with Crippen molar-refractivity contribution in [2.45, 2.75) is 44.8 Å². The molecule has 0 aliphatic carbocycles. The number of carbonyl (C=O) groups is 1. The highest BCUT2D eigenvalue weighted by Crippen LogP contribution is 2.21. The second-order valence-corrected chi connectivity index (χ2v) is 6.50. The van der Waals surface area contributed by atoms with Gasteiger partial charge in [-0.2, -0.15) is 0 Å². The summed E-state index contributed by atoms with van der Waals surface area (Å²) < 4.78 is 11.4. The molecule has 0 radical (unpaired) electrons. The maximum absolute atomic E-state index is 12.4. The third-order valence-corrected chi connectivity index (χ3v) is 4.71. The van der Waals surface area contributed by atoms with Gasteiger partial charge in [-0.05, 0) is 43.7 Å². The van der Waals surface area contributed by atoms with E-state index in [2.05, 4.69) is 4.98 Å². The number of pyridine rings is 1. The summed E-state index contributed by atoms with van der Waals surface area (Å²) in [5, 5.41) is 0. The van der Waals surface area contributed by atoms with Gasteiger partial charge in [-0.15, -0.1) is 0 Å². The minimum Gasteiger partial charge on any atom is -0.381 e. The van der Waals surface area contributed by atoms with Crippen molar-refractivity contribution < 1.29 is 14.3 Å². The Bertz CT molecular complexity index is 480. The van der Waals surface area contributed by atoms with Crippen molar-refractivity contribution >= 4 is 5.91 Å². The Morgan fingerprint density at radius 1 is 1.30 bits per heavy atom. The predicted octanol–water partition coefficient (Wildman–Crippen LogP) is 2.41. The van der Waals surface area contributed by atoms with Gasteiger partial charge in [-0.25, -0.2) is 0 Å². The second-order valence-electron chi connectivity index (χ2n) is 6.50. The summed E-state index contributed by atoms with van der Waals surface area (Å²) in [4.78, 5) is 18.6. The van der Waals surface area contributed by atoms with Crippen LogP contribution in [0.4, 0.5) is 0 Å². The highest BCUT2D eigenvalue weighted by Gasteiger charge is 2.26. The van der Waals surface area contributed by atoms with Crippen LogP contribution in [0, 0.1) is 5.92 Å². The molecule has 1 aromatic rings. The Kier molecular flexibility index (Phi) is 6.00. The summed E-state index contributed by atoms with van der Waals surface area (Å²) in [6.45, 7) is 3.76. The number of hydrogen-bond donors (Lipinski definition) is 0. The topological polar surface area (TPSA) is 51.7 Å². The lowest BCUT2D eigenvalue weighted by molar-refractivity contribution is -0.136. The van der Waals surface area contributed by atoms with Crippen LogP contribution in [-0.4, -0.2) is 48.2 Å². The van der Waals surface area contributed by atoms with E-state index in [9.17, 15) is 4.79 Å². The van der Waals surface area contributed by atoms with E-state index in [-0.39, 0.29) is 12.0 Å². The Morgan fingerprint density at radius 2 is 2.17 bits per heavy atom. The minimum atomic E-state index is 0.235. The van der Waals surface area contributed by atoms with Crippen molar-refractivity contribution in [2.24, 2.45) is 5.92 Å².